The fourth-order valence-corrected chi connectivity index (χ4v) is 2.00. The second-order valence-electron chi connectivity index (χ2n) is 4.63. The standard InChI is InChI=1S/C15H25NO/c1-5-6-7-10-16-13(3)14-11-12(2)8-9-15(14)17-4/h8-9,11,13,16H,5-7,10H2,1-4H3. The smallest absolute Gasteiger partial charge is 0.123 e. The first-order valence-corrected chi connectivity index (χ1v) is 6.57. The van der Waals surface area contributed by atoms with E-state index in [0.29, 0.717) is 6.04 Å². The van der Waals surface area contributed by atoms with E-state index in [0.717, 1.165) is 12.3 Å². The summed E-state index contributed by atoms with van der Waals surface area (Å²) in [5.74, 6) is 0.978. The largest absolute Gasteiger partial charge is 0.496 e. The van der Waals surface area contributed by atoms with Crippen LogP contribution in [0.25, 0.3) is 0 Å². The highest BCUT2D eigenvalue weighted by molar-refractivity contribution is 5.38. The van der Waals surface area contributed by atoms with E-state index in [9.17, 15) is 0 Å². The number of benzene rings is 1. The molecule has 0 amide bonds. The Morgan fingerprint density at radius 1 is 1.29 bits per heavy atom. The van der Waals surface area contributed by atoms with Crippen molar-refractivity contribution in [2.24, 2.45) is 0 Å². The third-order valence-electron chi connectivity index (χ3n) is 3.08. The van der Waals surface area contributed by atoms with E-state index < -0.39 is 0 Å². The Kier molecular flexibility index (Phi) is 6.06. The van der Waals surface area contributed by atoms with E-state index in [1.54, 1.807) is 7.11 Å². The minimum absolute atomic E-state index is 0.349. The Labute approximate surface area is 105 Å². The van der Waals surface area contributed by atoms with E-state index in [4.69, 9.17) is 4.74 Å². The summed E-state index contributed by atoms with van der Waals surface area (Å²) in [5.41, 5.74) is 2.53. The molecule has 2 heteroatoms. The summed E-state index contributed by atoms with van der Waals surface area (Å²) >= 11 is 0. The average Bonchev–Trinajstić information content (AvgIpc) is 2.34. The zero-order valence-electron chi connectivity index (χ0n) is 11.5. The van der Waals surface area contributed by atoms with Crippen LogP contribution in [-0.2, 0) is 0 Å². The Hall–Kier alpha value is -1.02. The summed E-state index contributed by atoms with van der Waals surface area (Å²) in [6.45, 7) is 7.62. The van der Waals surface area contributed by atoms with Crippen molar-refractivity contribution in [3.05, 3.63) is 29.3 Å². The van der Waals surface area contributed by atoms with Crippen molar-refractivity contribution < 1.29 is 4.74 Å². The lowest BCUT2D eigenvalue weighted by molar-refractivity contribution is 0.401. The molecule has 1 rings (SSSR count). The second kappa shape index (κ2) is 7.33. The quantitative estimate of drug-likeness (QED) is 0.725. The maximum absolute atomic E-state index is 5.41. The van der Waals surface area contributed by atoms with Crippen molar-refractivity contribution in [2.75, 3.05) is 13.7 Å². The molecule has 1 aromatic rings. The van der Waals surface area contributed by atoms with Crippen LogP contribution < -0.4 is 10.1 Å². The molecule has 17 heavy (non-hydrogen) atoms. The minimum atomic E-state index is 0.349. The third kappa shape index (κ3) is 4.39. The molecule has 1 aromatic carbocycles. The molecule has 0 saturated carbocycles. The van der Waals surface area contributed by atoms with Gasteiger partial charge in [0.2, 0.25) is 0 Å². The summed E-state index contributed by atoms with van der Waals surface area (Å²) in [5, 5.41) is 3.56. The zero-order chi connectivity index (χ0) is 12.7. The highest BCUT2D eigenvalue weighted by Crippen LogP contribution is 2.25. The molecule has 0 aromatic heterocycles. The normalized spacial score (nSPS) is 12.5. The van der Waals surface area contributed by atoms with Gasteiger partial charge in [-0.25, -0.2) is 0 Å². The van der Waals surface area contributed by atoms with E-state index in [-0.39, 0.29) is 0 Å². The minimum Gasteiger partial charge on any atom is -0.496 e. The molecule has 0 aliphatic rings. The number of methoxy groups -OCH3 is 1. The van der Waals surface area contributed by atoms with Crippen molar-refractivity contribution in [2.45, 2.75) is 46.1 Å². The van der Waals surface area contributed by atoms with Crippen LogP contribution in [0.15, 0.2) is 18.2 Å². The van der Waals surface area contributed by atoms with Crippen LogP contribution in [-0.4, -0.2) is 13.7 Å². The van der Waals surface area contributed by atoms with Gasteiger partial charge in [0.25, 0.3) is 0 Å². The molecule has 96 valence electrons. The number of ether oxygens (including phenoxy) is 1. The SMILES string of the molecule is CCCCCNC(C)c1cc(C)ccc1OC. The molecular formula is C15H25NO. The highest BCUT2D eigenvalue weighted by Gasteiger charge is 2.10. The summed E-state index contributed by atoms with van der Waals surface area (Å²) < 4.78 is 5.41. The molecule has 0 aliphatic heterocycles. The molecule has 0 bridgehead atoms. The van der Waals surface area contributed by atoms with Gasteiger partial charge in [0.15, 0.2) is 0 Å². The van der Waals surface area contributed by atoms with Gasteiger partial charge in [-0.2, -0.15) is 0 Å². The van der Waals surface area contributed by atoms with Crippen LogP contribution in [0.5, 0.6) is 5.75 Å². The molecule has 0 saturated heterocycles. The number of aryl methyl sites for hydroxylation is 1. The van der Waals surface area contributed by atoms with Gasteiger partial charge in [0.1, 0.15) is 5.75 Å². The summed E-state index contributed by atoms with van der Waals surface area (Å²) in [6.07, 6.45) is 3.81. The lowest BCUT2D eigenvalue weighted by Crippen LogP contribution is -2.20. The van der Waals surface area contributed by atoms with Crippen molar-refractivity contribution in [1.82, 2.24) is 5.32 Å². The van der Waals surface area contributed by atoms with E-state index in [1.165, 1.54) is 30.4 Å². The fraction of sp³-hybridized carbons (Fsp3) is 0.600. The highest BCUT2D eigenvalue weighted by atomic mass is 16.5. The van der Waals surface area contributed by atoms with Gasteiger partial charge in [-0.15, -0.1) is 0 Å². The van der Waals surface area contributed by atoms with Crippen LogP contribution in [0.4, 0.5) is 0 Å². The lowest BCUT2D eigenvalue weighted by Gasteiger charge is -2.18. The van der Waals surface area contributed by atoms with Gasteiger partial charge >= 0.3 is 0 Å². The van der Waals surface area contributed by atoms with Crippen LogP contribution in [0, 0.1) is 6.92 Å². The van der Waals surface area contributed by atoms with Gasteiger partial charge in [-0.05, 0) is 32.9 Å². The van der Waals surface area contributed by atoms with Gasteiger partial charge in [0.05, 0.1) is 7.11 Å². The van der Waals surface area contributed by atoms with E-state index >= 15 is 0 Å². The number of nitrogens with one attached hydrogen (secondary N) is 1. The maximum Gasteiger partial charge on any atom is 0.123 e. The van der Waals surface area contributed by atoms with E-state index in [2.05, 4.69) is 44.3 Å². The average molecular weight is 235 g/mol. The molecule has 0 heterocycles. The molecule has 0 aliphatic carbocycles. The van der Waals surface area contributed by atoms with Crippen molar-refractivity contribution in [3.63, 3.8) is 0 Å². The summed E-state index contributed by atoms with van der Waals surface area (Å²) in [4.78, 5) is 0. The first-order valence-electron chi connectivity index (χ1n) is 6.57. The number of hydrogen-bond acceptors (Lipinski definition) is 2. The monoisotopic (exact) mass is 235 g/mol. The maximum atomic E-state index is 5.41. The van der Waals surface area contributed by atoms with Gasteiger partial charge in [-0.3, -0.25) is 0 Å². The molecule has 1 atom stereocenters. The Morgan fingerprint density at radius 2 is 2.06 bits per heavy atom. The number of hydrogen-bond donors (Lipinski definition) is 1. The Morgan fingerprint density at radius 3 is 2.71 bits per heavy atom. The van der Waals surface area contributed by atoms with Crippen LogP contribution in [0.3, 0.4) is 0 Å². The van der Waals surface area contributed by atoms with E-state index in [1.807, 2.05) is 0 Å². The summed E-state index contributed by atoms with van der Waals surface area (Å²) in [7, 11) is 1.73. The molecule has 1 unspecified atom stereocenters. The second-order valence-corrected chi connectivity index (χ2v) is 4.63. The van der Waals surface area contributed by atoms with Crippen molar-refractivity contribution in [3.8, 4) is 5.75 Å². The molecule has 1 N–H and O–H groups in total. The topological polar surface area (TPSA) is 21.3 Å². The van der Waals surface area contributed by atoms with Crippen molar-refractivity contribution in [1.29, 1.82) is 0 Å². The van der Waals surface area contributed by atoms with Crippen molar-refractivity contribution >= 4 is 0 Å². The number of rotatable bonds is 7. The third-order valence-corrected chi connectivity index (χ3v) is 3.08. The number of unbranched alkanes of at least 4 members (excludes halogenated alkanes) is 2. The van der Waals surface area contributed by atoms with Gasteiger partial charge in [-0.1, -0.05) is 37.5 Å². The first-order chi connectivity index (χ1) is 8.19. The molecule has 0 fully saturated rings. The molecular weight excluding hydrogens is 210 g/mol. The van der Waals surface area contributed by atoms with Gasteiger partial charge < -0.3 is 10.1 Å². The zero-order valence-corrected chi connectivity index (χ0v) is 11.5. The lowest BCUT2D eigenvalue weighted by atomic mass is 10.0. The fourth-order valence-electron chi connectivity index (χ4n) is 2.00. The van der Waals surface area contributed by atoms with Crippen LogP contribution in [0.1, 0.15) is 50.3 Å². The molecule has 2 nitrogen and oxygen atoms in total. The first kappa shape index (κ1) is 14.0. The predicted molar refractivity (Wildman–Crippen MR) is 73.7 cm³/mol. The summed E-state index contributed by atoms with van der Waals surface area (Å²) in [6, 6.07) is 6.69. The van der Waals surface area contributed by atoms with Gasteiger partial charge in [0, 0.05) is 11.6 Å². The Bertz CT molecular complexity index is 336. The molecule has 0 radical (unpaired) electrons. The predicted octanol–water partition coefficient (Wildman–Crippen LogP) is 3.84. The van der Waals surface area contributed by atoms with Crippen LogP contribution >= 0.6 is 0 Å². The Balaban J connectivity index is 2.60. The molecule has 0 spiro atoms. The van der Waals surface area contributed by atoms with Crippen LogP contribution in [0.2, 0.25) is 0 Å².